The van der Waals surface area contributed by atoms with Crippen LogP contribution >= 0.6 is 0 Å². The molecule has 0 aromatic carbocycles. The predicted octanol–water partition coefficient (Wildman–Crippen LogP) is 1.65. The fraction of sp³-hybridized carbons (Fsp3) is 0.455. The summed E-state index contributed by atoms with van der Waals surface area (Å²) in [6.45, 7) is 5.65. The quantitative estimate of drug-likeness (QED) is 0.746. The van der Waals surface area contributed by atoms with Crippen LogP contribution in [0.3, 0.4) is 0 Å². The lowest BCUT2D eigenvalue weighted by Crippen LogP contribution is -2.18. The number of hydrogen-bond acceptors (Lipinski definition) is 4. The number of hydrogen-bond donors (Lipinski definition) is 0. The van der Waals surface area contributed by atoms with E-state index in [1.54, 1.807) is 0 Å². The molecule has 0 N–H and O–H groups in total. The smallest absolute Gasteiger partial charge is 0.177 e. The predicted molar refractivity (Wildman–Crippen MR) is 60.8 cm³/mol. The minimum Gasteiger partial charge on any atom is -0.258 e. The molecule has 0 aliphatic carbocycles. The van der Waals surface area contributed by atoms with E-state index < -0.39 is 9.84 Å². The summed E-state index contributed by atoms with van der Waals surface area (Å²) in [5.41, 5.74) is 0.384. The maximum atomic E-state index is 11.6. The van der Waals surface area contributed by atoms with Crippen molar-refractivity contribution in [3.63, 3.8) is 0 Å². The van der Waals surface area contributed by atoms with Gasteiger partial charge in [-0.2, -0.15) is 5.26 Å². The van der Waals surface area contributed by atoms with Gasteiger partial charge in [0.1, 0.15) is 6.07 Å². The lowest BCUT2D eigenvalue weighted by atomic mass is 9.91. The summed E-state index contributed by atoms with van der Waals surface area (Å²) in [5, 5.41) is 8.74. The molecule has 16 heavy (non-hydrogen) atoms. The van der Waals surface area contributed by atoms with Gasteiger partial charge in [-0.1, -0.05) is 20.8 Å². The van der Waals surface area contributed by atoms with Crippen LogP contribution in [-0.4, -0.2) is 19.7 Å². The highest BCUT2D eigenvalue weighted by molar-refractivity contribution is 7.90. The fourth-order valence-electron chi connectivity index (χ4n) is 1.35. The van der Waals surface area contributed by atoms with Crippen molar-refractivity contribution < 1.29 is 8.42 Å². The Balaban J connectivity index is 3.61. The second kappa shape index (κ2) is 3.87. The van der Waals surface area contributed by atoms with E-state index in [-0.39, 0.29) is 15.9 Å². The van der Waals surface area contributed by atoms with Crippen LogP contribution in [0.2, 0.25) is 0 Å². The lowest BCUT2D eigenvalue weighted by molar-refractivity contribution is 0.544. The first-order chi connectivity index (χ1) is 7.16. The van der Waals surface area contributed by atoms with Gasteiger partial charge in [0.2, 0.25) is 0 Å². The SMILES string of the molecule is CC(C)(C)c1ncc(C#N)cc1S(C)(=O)=O. The van der Waals surface area contributed by atoms with E-state index >= 15 is 0 Å². The van der Waals surface area contributed by atoms with Crippen LogP contribution in [0.1, 0.15) is 32.0 Å². The molecule has 1 aromatic heterocycles. The van der Waals surface area contributed by atoms with Crippen LogP contribution in [0.15, 0.2) is 17.2 Å². The van der Waals surface area contributed by atoms with Crippen molar-refractivity contribution in [2.24, 2.45) is 0 Å². The van der Waals surface area contributed by atoms with E-state index in [2.05, 4.69) is 4.98 Å². The molecule has 0 amide bonds. The topological polar surface area (TPSA) is 70.8 Å². The molecule has 5 heteroatoms. The van der Waals surface area contributed by atoms with Crippen molar-refractivity contribution in [2.45, 2.75) is 31.1 Å². The minimum atomic E-state index is -3.36. The van der Waals surface area contributed by atoms with Crippen molar-refractivity contribution in [3.8, 4) is 6.07 Å². The first-order valence-electron chi connectivity index (χ1n) is 4.77. The third-order valence-corrected chi connectivity index (χ3v) is 3.20. The number of aromatic nitrogens is 1. The van der Waals surface area contributed by atoms with Gasteiger partial charge in [0.25, 0.3) is 0 Å². The third-order valence-electron chi connectivity index (χ3n) is 2.09. The normalized spacial score (nSPS) is 12.2. The Hall–Kier alpha value is -1.41. The largest absolute Gasteiger partial charge is 0.258 e. The fourth-order valence-corrected chi connectivity index (χ4v) is 2.40. The maximum absolute atomic E-state index is 11.6. The third kappa shape index (κ3) is 2.58. The molecule has 0 saturated heterocycles. The monoisotopic (exact) mass is 238 g/mol. The molecule has 0 unspecified atom stereocenters. The highest BCUT2D eigenvalue weighted by Crippen LogP contribution is 2.27. The first-order valence-corrected chi connectivity index (χ1v) is 6.66. The Bertz CT molecular complexity index is 548. The summed E-state index contributed by atoms with van der Waals surface area (Å²) in [4.78, 5) is 4.22. The first kappa shape index (κ1) is 12.7. The summed E-state index contributed by atoms with van der Waals surface area (Å²) < 4.78 is 23.2. The van der Waals surface area contributed by atoms with Crippen LogP contribution in [0.25, 0.3) is 0 Å². The summed E-state index contributed by atoms with van der Waals surface area (Å²) in [7, 11) is -3.36. The number of nitriles is 1. The highest BCUT2D eigenvalue weighted by Gasteiger charge is 2.25. The molecule has 0 aliphatic rings. The van der Waals surface area contributed by atoms with E-state index in [0.717, 1.165) is 6.26 Å². The van der Waals surface area contributed by atoms with Crippen LogP contribution in [-0.2, 0) is 15.3 Å². The standard InChI is InChI=1S/C11H14N2O2S/c1-11(2,3)10-9(16(4,14)15)5-8(6-12)7-13-10/h5,7H,1-4H3. The number of sulfone groups is 1. The second-order valence-corrected chi connectivity index (χ2v) is 6.69. The van der Waals surface area contributed by atoms with Crippen molar-refractivity contribution >= 4 is 9.84 Å². The molecule has 0 radical (unpaired) electrons. The van der Waals surface area contributed by atoms with Gasteiger partial charge >= 0.3 is 0 Å². The highest BCUT2D eigenvalue weighted by atomic mass is 32.2. The molecule has 0 spiro atoms. The average molecular weight is 238 g/mol. The van der Waals surface area contributed by atoms with E-state index in [9.17, 15) is 8.42 Å². The van der Waals surface area contributed by atoms with Crippen LogP contribution in [0.4, 0.5) is 0 Å². The minimum absolute atomic E-state index is 0.138. The molecule has 0 fully saturated rings. The Morgan fingerprint density at radius 2 is 1.94 bits per heavy atom. The number of rotatable bonds is 1. The average Bonchev–Trinajstić information content (AvgIpc) is 2.14. The molecule has 0 saturated carbocycles. The molecule has 1 aromatic rings. The van der Waals surface area contributed by atoms with Gasteiger partial charge in [0.15, 0.2) is 9.84 Å². The molecular formula is C11H14N2O2S. The molecule has 0 atom stereocenters. The van der Waals surface area contributed by atoms with E-state index in [0.29, 0.717) is 5.69 Å². The Morgan fingerprint density at radius 3 is 2.31 bits per heavy atom. The zero-order chi connectivity index (χ0) is 12.6. The van der Waals surface area contributed by atoms with Gasteiger partial charge in [0, 0.05) is 17.9 Å². The van der Waals surface area contributed by atoms with Crippen LogP contribution in [0, 0.1) is 11.3 Å². The van der Waals surface area contributed by atoms with Crippen LogP contribution in [0.5, 0.6) is 0 Å². The molecule has 4 nitrogen and oxygen atoms in total. The number of pyridine rings is 1. The maximum Gasteiger partial charge on any atom is 0.177 e. The van der Waals surface area contributed by atoms with Crippen molar-refractivity contribution in [1.82, 2.24) is 4.98 Å². The van der Waals surface area contributed by atoms with Crippen molar-refractivity contribution in [2.75, 3.05) is 6.26 Å². The van der Waals surface area contributed by atoms with Gasteiger partial charge in [-0.3, -0.25) is 4.98 Å². The Morgan fingerprint density at radius 1 is 1.38 bits per heavy atom. The molecule has 1 heterocycles. The molecular weight excluding hydrogens is 224 g/mol. The van der Waals surface area contributed by atoms with Crippen molar-refractivity contribution in [1.29, 1.82) is 5.26 Å². The van der Waals surface area contributed by atoms with Crippen LogP contribution < -0.4 is 0 Å². The van der Waals surface area contributed by atoms with E-state index in [1.165, 1.54) is 12.3 Å². The molecule has 86 valence electrons. The van der Waals surface area contributed by atoms with Gasteiger partial charge in [-0.05, 0) is 6.07 Å². The summed E-state index contributed by atoms with van der Waals surface area (Å²) in [6, 6.07) is 3.27. The number of nitrogens with zero attached hydrogens (tertiary/aromatic N) is 2. The summed E-state index contributed by atoms with van der Waals surface area (Å²) in [5.74, 6) is 0. The van der Waals surface area contributed by atoms with Gasteiger partial charge in [0.05, 0.1) is 16.2 Å². The molecule has 0 bridgehead atoms. The Kier molecular flexibility index (Phi) is 3.06. The van der Waals surface area contributed by atoms with E-state index in [4.69, 9.17) is 5.26 Å². The zero-order valence-electron chi connectivity index (χ0n) is 9.77. The Labute approximate surface area is 95.9 Å². The van der Waals surface area contributed by atoms with Gasteiger partial charge in [-0.15, -0.1) is 0 Å². The van der Waals surface area contributed by atoms with Gasteiger partial charge in [-0.25, -0.2) is 8.42 Å². The second-order valence-electron chi connectivity index (χ2n) is 4.70. The van der Waals surface area contributed by atoms with Crippen molar-refractivity contribution in [3.05, 3.63) is 23.5 Å². The molecule has 0 aliphatic heterocycles. The van der Waals surface area contributed by atoms with E-state index in [1.807, 2.05) is 26.8 Å². The lowest BCUT2D eigenvalue weighted by Gasteiger charge is -2.20. The summed E-state index contributed by atoms with van der Waals surface area (Å²) >= 11 is 0. The summed E-state index contributed by atoms with van der Waals surface area (Å²) in [6.07, 6.45) is 2.52. The molecule has 1 rings (SSSR count). The zero-order valence-corrected chi connectivity index (χ0v) is 10.6. The van der Waals surface area contributed by atoms with Gasteiger partial charge < -0.3 is 0 Å².